The summed E-state index contributed by atoms with van der Waals surface area (Å²) in [6.07, 6.45) is 6.22. The van der Waals surface area contributed by atoms with Crippen molar-refractivity contribution in [2.75, 3.05) is 45.1 Å². The van der Waals surface area contributed by atoms with Gasteiger partial charge in [-0.1, -0.05) is 11.3 Å². The van der Waals surface area contributed by atoms with Gasteiger partial charge in [-0.3, -0.25) is 4.79 Å². The van der Waals surface area contributed by atoms with Gasteiger partial charge in [0.1, 0.15) is 4.88 Å². The Morgan fingerprint density at radius 2 is 1.92 bits per heavy atom. The number of anilines is 1. The number of amides is 1. The van der Waals surface area contributed by atoms with Crippen LogP contribution in [0, 0.1) is 12.3 Å². The van der Waals surface area contributed by atoms with Crippen molar-refractivity contribution in [2.45, 2.75) is 46.0 Å². The lowest BCUT2D eigenvalue weighted by Gasteiger charge is -2.41. The molecule has 2 aliphatic heterocycles. The van der Waals surface area contributed by atoms with Crippen LogP contribution in [0.15, 0.2) is 0 Å². The molecular formula is C18H30N4OS. The minimum Gasteiger partial charge on any atom is -0.362 e. The molecule has 0 atom stereocenters. The van der Waals surface area contributed by atoms with Gasteiger partial charge in [-0.15, -0.1) is 0 Å². The number of hydrogen-bond acceptors (Lipinski definition) is 5. The molecule has 1 amide bonds. The molecule has 2 aliphatic rings. The summed E-state index contributed by atoms with van der Waals surface area (Å²) in [5, 5.41) is 4.08. The molecule has 0 aromatic carbocycles. The van der Waals surface area contributed by atoms with Crippen molar-refractivity contribution >= 4 is 22.4 Å². The number of nitrogens with one attached hydrogen (secondary N) is 1. The van der Waals surface area contributed by atoms with Crippen molar-refractivity contribution in [1.82, 2.24) is 14.8 Å². The third-order valence-electron chi connectivity index (χ3n) is 5.70. The van der Waals surface area contributed by atoms with E-state index < -0.39 is 0 Å². The van der Waals surface area contributed by atoms with E-state index in [2.05, 4.69) is 27.1 Å². The van der Waals surface area contributed by atoms with Crippen LogP contribution in [0.2, 0.25) is 0 Å². The Balaban J connectivity index is 1.63. The SMILES string of the molecule is CCNc1nc(C)c(C(=O)N2CCC3(CCCN(C)CC3)CC2)s1. The summed E-state index contributed by atoms with van der Waals surface area (Å²) < 4.78 is 0. The van der Waals surface area contributed by atoms with Crippen molar-refractivity contribution in [3.05, 3.63) is 10.6 Å². The number of aryl methyl sites for hydroxylation is 1. The first-order chi connectivity index (χ1) is 11.5. The number of hydrogen-bond donors (Lipinski definition) is 1. The average Bonchev–Trinajstić information content (AvgIpc) is 2.84. The normalized spacial score (nSPS) is 21.7. The zero-order chi connectivity index (χ0) is 17.2. The molecule has 0 unspecified atom stereocenters. The van der Waals surface area contributed by atoms with E-state index in [1.807, 2.05) is 13.8 Å². The Morgan fingerprint density at radius 3 is 2.62 bits per heavy atom. The zero-order valence-corrected chi connectivity index (χ0v) is 16.0. The number of carbonyl (C=O) groups is 1. The van der Waals surface area contributed by atoms with Crippen LogP contribution in [-0.2, 0) is 0 Å². The molecule has 1 aromatic rings. The fourth-order valence-electron chi connectivity index (χ4n) is 4.04. The summed E-state index contributed by atoms with van der Waals surface area (Å²) in [7, 11) is 2.23. The summed E-state index contributed by atoms with van der Waals surface area (Å²) >= 11 is 1.50. The number of thiazole rings is 1. The van der Waals surface area contributed by atoms with E-state index in [4.69, 9.17) is 0 Å². The molecule has 0 bridgehead atoms. The van der Waals surface area contributed by atoms with Crippen LogP contribution in [0.4, 0.5) is 5.13 Å². The van der Waals surface area contributed by atoms with Crippen LogP contribution < -0.4 is 5.32 Å². The molecular weight excluding hydrogens is 320 g/mol. The number of aromatic nitrogens is 1. The summed E-state index contributed by atoms with van der Waals surface area (Å²) in [5.41, 5.74) is 1.33. The molecule has 1 N–H and O–H groups in total. The molecule has 3 rings (SSSR count). The highest BCUT2D eigenvalue weighted by Crippen LogP contribution is 2.41. The maximum absolute atomic E-state index is 12.9. The van der Waals surface area contributed by atoms with Crippen LogP contribution in [0.3, 0.4) is 0 Å². The van der Waals surface area contributed by atoms with Gasteiger partial charge >= 0.3 is 0 Å². The fraction of sp³-hybridized carbons (Fsp3) is 0.778. The van der Waals surface area contributed by atoms with Crippen molar-refractivity contribution < 1.29 is 4.79 Å². The first kappa shape index (κ1) is 17.7. The molecule has 0 aliphatic carbocycles. The smallest absolute Gasteiger partial charge is 0.265 e. The zero-order valence-electron chi connectivity index (χ0n) is 15.2. The third-order valence-corrected chi connectivity index (χ3v) is 6.80. The highest BCUT2D eigenvalue weighted by atomic mass is 32.1. The second-order valence-electron chi connectivity index (χ2n) is 7.41. The van der Waals surface area contributed by atoms with E-state index in [0.29, 0.717) is 5.41 Å². The van der Waals surface area contributed by atoms with Gasteiger partial charge in [-0.25, -0.2) is 4.98 Å². The minimum absolute atomic E-state index is 0.176. The summed E-state index contributed by atoms with van der Waals surface area (Å²) in [6, 6.07) is 0. The first-order valence-corrected chi connectivity index (χ1v) is 10.0. The predicted molar refractivity (Wildman–Crippen MR) is 99.9 cm³/mol. The molecule has 5 nitrogen and oxygen atoms in total. The van der Waals surface area contributed by atoms with E-state index in [1.54, 1.807) is 0 Å². The number of nitrogens with zero attached hydrogens (tertiary/aromatic N) is 3. The van der Waals surface area contributed by atoms with Crippen LogP contribution in [0.1, 0.15) is 54.4 Å². The summed E-state index contributed by atoms with van der Waals surface area (Å²) in [4.78, 5) is 22.7. The highest BCUT2D eigenvalue weighted by Gasteiger charge is 2.37. The predicted octanol–water partition coefficient (Wildman–Crippen LogP) is 3.22. The standard InChI is InChI=1S/C18H30N4OS/c1-4-19-17-20-14(2)15(24-17)16(23)22-12-8-18(9-13-22)6-5-10-21(3)11-7-18/h4-13H2,1-3H3,(H,19,20). The van der Waals surface area contributed by atoms with Gasteiger partial charge in [-0.2, -0.15) is 0 Å². The largest absolute Gasteiger partial charge is 0.362 e. The monoisotopic (exact) mass is 350 g/mol. The molecule has 2 fully saturated rings. The van der Waals surface area contributed by atoms with Crippen LogP contribution in [0.5, 0.6) is 0 Å². The fourth-order valence-corrected chi connectivity index (χ4v) is 5.04. The van der Waals surface area contributed by atoms with Gasteiger partial charge in [0, 0.05) is 19.6 Å². The average molecular weight is 351 g/mol. The minimum atomic E-state index is 0.176. The Kier molecular flexibility index (Phi) is 5.45. The Labute approximate surface area is 149 Å². The molecule has 2 saturated heterocycles. The molecule has 0 radical (unpaired) electrons. The summed E-state index contributed by atoms with van der Waals surface area (Å²) in [6.45, 7) is 9.04. The maximum Gasteiger partial charge on any atom is 0.265 e. The molecule has 1 aromatic heterocycles. The van der Waals surface area contributed by atoms with E-state index in [-0.39, 0.29) is 5.91 Å². The van der Waals surface area contributed by atoms with Gasteiger partial charge in [0.05, 0.1) is 5.69 Å². The van der Waals surface area contributed by atoms with Crippen molar-refractivity contribution in [3.63, 3.8) is 0 Å². The van der Waals surface area contributed by atoms with Crippen molar-refractivity contribution in [3.8, 4) is 0 Å². The van der Waals surface area contributed by atoms with E-state index in [1.165, 1.54) is 43.7 Å². The lowest BCUT2D eigenvalue weighted by atomic mass is 9.73. The van der Waals surface area contributed by atoms with Crippen molar-refractivity contribution in [2.24, 2.45) is 5.41 Å². The maximum atomic E-state index is 12.9. The van der Waals surface area contributed by atoms with E-state index >= 15 is 0 Å². The van der Waals surface area contributed by atoms with Crippen LogP contribution in [-0.4, -0.2) is 60.5 Å². The Hall–Kier alpha value is -1.14. The number of piperidine rings is 1. The Morgan fingerprint density at radius 1 is 1.21 bits per heavy atom. The molecule has 6 heteroatoms. The molecule has 3 heterocycles. The van der Waals surface area contributed by atoms with E-state index in [9.17, 15) is 4.79 Å². The third kappa shape index (κ3) is 3.75. The number of likely N-dealkylation sites (tertiary alicyclic amines) is 2. The second kappa shape index (κ2) is 7.40. The van der Waals surface area contributed by atoms with Crippen LogP contribution in [0.25, 0.3) is 0 Å². The first-order valence-electron chi connectivity index (χ1n) is 9.22. The lowest BCUT2D eigenvalue weighted by Crippen LogP contribution is -2.43. The topological polar surface area (TPSA) is 48.5 Å². The molecule has 24 heavy (non-hydrogen) atoms. The van der Waals surface area contributed by atoms with Gasteiger partial charge in [0.25, 0.3) is 5.91 Å². The Bertz CT molecular complexity index is 578. The second-order valence-corrected chi connectivity index (χ2v) is 8.41. The quantitative estimate of drug-likeness (QED) is 0.909. The summed E-state index contributed by atoms with van der Waals surface area (Å²) in [5.74, 6) is 0.176. The lowest BCUT2D eigenvalue weighted by molar-refractivity contribution is 0.0546. The van der Waals surface area contributed by atoms with E-state index in [0.717, 1.165) is 48.2 Å². The number of carbonyl (C=O) groups excluding carboxylic acids is 1. The molecule has 134 valence electrons. The van der Waals surface area contributed by atoms with Gasteiger partial charge in [-0.05, 0) is 71.5 Å². The molecule has 0 saturated carbocycles. The van der Waals surface area contributed by atoms with Gasteiger partial charge in [0.15, 0.2) is 5.13 Å². The van der Waals surface area contributed by atoms with Crippen molar-refractivity contribution in [1.29, 1.82) is 0 Å². The van der Waals surface area contributed by atoms with Crippen LogP contribution >= 0.6 is 11.3 Å². The molecule has 1 spiro atoms. The number of rotatable bonds is 3. The highest BCUT2D eigenvalue weighted by molar-refractivity contribution is 7.17. The van der Waals surface area contributed by atoms with Gasteiger partial charge in [0.2, 0.25) is 0 Å². The van der Waals surface area contributed by atoms with Gasteiger partial charge < -0.3 is 15.1 Å².